The molecule has 0 saturated carbocycles. The van der Waals surface area contributed by atoms with Crippen LogP contribution in [0.25, 0.3) is 0 Å². The van der Waals surface area contributed by atoms with Crippen LogP contribution in [0, 0.1) is 5.92 Å². The van der Waals surface area contributed by atoms with Crippen LogP contribution in [-0.2, 0) is 9.53 Å². The number of ether oxygens (including phenoxy) is 2. The van der Waals surface area contributed by atoms with Gasteiger partial charge in [0.1, 0.15) is 5.75 Å². The van der Waals surface area contributed by atoms with Crippen molar-refractivity contribution in [2.45, 2.75) is 31.8 Å². The number of methoxy groups -OCH3 is 1. The van der Waals surface area contributed by atoms with E-state index in [1.165, 1.54) is 5.56 Å². The highest BCUT2D eigenvalue weighted by Gasteiger charge is 2.32. The quantitative estimate of drug-likeness (QED) is 0.772. The molecule has 8 heteroatoms. The zero-order valence-corrected chi connectivity index (χ0v) is 18.3. The normalized spacial score (nSPS) is 20.5. The van der Waals surface area contributed by atoms with Gasteiger partial charge in [-0.2, -0.15) is 0 Å². The van der Waals surface area contributed by atoms with Crippen LogP contribution in [0.15, 0.2) is 24.3 Å². The molecular weight excluding hydrogens is 401 g/mol. The molecule has 6 nitrogen and oxygen atoms in total. The first-order chi connectivity index (χ1) is 12.6. The van der Waals surface area contributed by atoms with Gasteiger partial charge in [-0.05, 0) is 43.4 Å². The summed E-state index contributed by atoms with van der Waals surface area (Å²) in [5.74, 6) is 1.24. The number of nitrogens with zero attached hydrogens (tertiary/aromatic N) is 2. The number of benzene rings is 1. The van der Waals surface area contributed by atoms with Crippen molar-refractivity contribution in [1.29, 1.82) is 0 Å². The number of carbonyl (C=O) groups excluding carboxylic acids is 1. The molecule has 0 aromatic heterocycles. The second-order valence-corrected chi connectivity index (χ2v) is 7.29. The van der Waals surface area contributed by atoms with Gasteiger partial charge in [-0.15, -0.1) is 24.8 Å². The number of piperazine rings is 1. The predicted molar refractivity (Wildman–Crippen MR) is 116 cm³/mol. The molecule has 28 heavy (non-hydrogen) atoms. The van der Waals surface area contributed by atoms with E-state index >= 15 is 0 Å². The molecule has 2 saturated heterocycles. The van der Waals surface area contributed by atoms with Crippen molar-refractivity contribution in [3.8, 4) is 5.75 Å². The molecule has 2 fully saturated rings. The lowest BCUT2D eigenvalue weighted by atomic mass is 9.91. The summed E-state index contributed by atoms with van der Waals surface area (Å²) < 4.78 is 10.7. The lowest BCUT2D eigenvalue weighted by molar-refractivity contribution is -0.136. The van der Waals surface area contributed by atoms with E-state index in [4.69, 9.17) is 15.2 Å². The minimum Gasteiger partial charge on any atom is -0.497 e. The Morgan fingerprint density at radius 2 is 1.82 bits per heavy atom. The molecule has 2 unspecified atom stereocenters. The Morgan fingerprint density at radius 1 is 1.18 bits per heavy atom. The third-order valence-electron chi connectivity index (χ3n) is 5.81. The Morgan fingerprint density at radius 3 is 2.43 bits per heavy atom. The van der Waals surface area contributed by atoms with Gasteiger partial charge < -0.3 is 20.1 Å². The smallest absolute Gasteiger partial charge is 0.239 e. The summed E-state index contributed by atoms with van der Waals surface area (Å²) >= 11 is 0. The Kier molecular flexibility index (Phi) is 10.6. The fourth-order valence-electron chi connectivity index (χ4n) is 3.93. The van der Waals surface area contributed by atoms with Crippen molar-refractivity contribution in [3.63, 3.8) is 0 Å². The number of amides is 1. The van der Waals surface area contributed by atoms with Crippen molar-refractivity contribution >= 4 is 30.7 Å². The van der Waals surface area contributed by atoms with Gasteiger partial charge in [0.15, 0.2) is 0 Å². The Balaban J connectivity index is 0.00000196. The van der Waals surface area contributed by atoms with Gasteiger partial charge in [-0.1, -0.05) is 12.1 Å². The standard InChI is InChI=1S/C20H31N3O3.2ClH/c1-15(17-4-3-5-18(14-17)25-2)22-8-10-23(11-9-22)20(24)19(21)16-6-12-26-13-7-16;;/h3-5,14-16,19H,6-13,21H2,1-2H3;2*1H. The average molecular weight is 434 g/mol. The van der Waals surface area contributed by atoms with E-state index in [1.807, 2.05) is 17.0 Å². The number of rotatable bonds is 5. The lowest BCUT2D eigenvalue weighted by Crippen LogP contribution is -2.55. The lowest BCUT2D eigenvalue weighted by Gasteiger charge is -2.40. The molecule has 2 N–H and O–H groups in total. The number of carbonyl (C=O) groups is 1. The molecule has 0 aliphatic carbocycles. The first-order valence-corrected chi connectivity index (χ1v) is 9.60. The van der Waals surface area contributed by atoms with Crippen LogP contribution in [0.1, 0.15) is 31.4 Å². The molecule has 3 rings (SSSR count). The van der Waals surface area contributed by atoms with Crippen LogP contribution in [0.3, 0.4) is 0 Å². The minimum absolute atomic E-state index is 0. The van der Waals surface area contributed by atoms with Gasteiger partial charge in [0.2, 0.25) is 5.91 Å². The zero-order chi connectivity index (χ0) is 18.5. The molecule has 0 radical (unpaired) electrons. The maximum Gasteiger partial charge on any atom is 0.239 e. The fourth-order valence-corrected chi connectivity index (χ4v) is 3.93. The van der Waals surface area contributed by atoms with Crippen molar-refractivity contribution in [3.05, 3.63) is 29.8 Å². The first kappa shape index (κ1) is 25.0. The Hall–Kier alpha value is -1.05. The largest absolute Gasteiger partial charge is 0.497 e. The summed E-state index contributed by atoms with van der Waals surface area (Å²) in [7, 11) is 1.69. The van der Waals surface area contributed by atoms with Crippen molar-refractivity contribution in [1.82, 2.24) is 9.80 Å². The van der Waals surface area contributed by atoms with E-state index in [0.717, 1.165) is 58.0 Å². The Labute approximate surface area is 180 Å². The molecule has 160 valence electrons. The Bertz CT molecular complexity index is 606. The number of nitrogens with two attached hydrogens (primary N) is 1. The monoisotopic (exact) mass is 433 g/mol. The molecule has 0 bridgehead atoms. The van der Waals surface area contributed by atoms with Crippen molar-refractivity contribution < 1.29 is 14.3 Å². The third-order valence-corrected chi connectivity index (χ3v) is 5.81. The molecular formula is C20H33Cl2N3O3. The summed E-state index contributed by atoms with van der Waals surface area (Å²) in [6, 6.07) is 8.12. The molecule has 1 aromatic carbocycles. The van der Waals surface area contributed by atoms with Crippen LogP contribution in [-0.4, -0.2) is 68.3 Å². The van der Waals surface area contributed by atoms with E-state index in [9.17, 15) is 4.79 Å². The summed E-state index contributed by atoms with van der Waals surface area (Å²) in [5, 5.41) is 0. The number of hydrogen-bond donors (Lipinski definition) is 1. The average Bonchev–Trinajstić information content (AvgIpc) is 2.73. The van der Waals surface area contributed by atoms with Crippen LogP contribution >= 0.6 is 24.8 Å². The summed E-state index contributed by atoms with van der Waals surface area (Å²) in [6.45, 7) is 6.86. The van der Waals surface area contributed by atoms with E-state index < -0.39 is 0 Å². The highest BCUT2D eigenvalue weighted by Crippen LogP contribution is 2.25. The van der Waals surface area contributed by atoms with Crippen molar-refractivity contribution in [2.24, 2.45) is 11.7 Å². The van der Waals surface area contributed by atoms with Gasteiger partial charge in [-0.3, -0.25) is 9.69 Å². The predicted octanol–water partition coefficient (Wildman–Crippen LogP) is 2.50. The van der Waals surface area contributed by atoms with Gasteiger partial charge in [-0.25, -0.2) is 0 Å². The third kappa shape index (κ3) is 5.97. The summed E-state index contributed by atoms with van der Waals surface area (Å²) in [6.07, 6.45) is 1.78. The summed E-state index contributed by atoms with van der Waals surface area (Å²) in [4.78, 5) is 17.1. The van der Waals surface area contributed by atoms with Gasteiger partial charge in [0.05, 0.1) is 13.2 Å². The molecule has 2 heterocycles. The van der Waals surface area contributed by atoms with Crippen molar-refractivity contribution in [2.75, 3.05) is 46.5 Å². The second kappa shape index (κ2) is 11.8. The topological polar surface area (TPSA) is 68.0 Å². The van der Waals surface area contributed by atoms with Gasteiger partial charge >= 0.3 is 0 Å². The molecule has 2 aliphatic heterocycles. The zero-order valence-electron chi connectivity index (χ0n) is 16.7. The molecule has 2 aliphatic rings. The molecule has 1 amide bonds. The van der Waals surface area contributed by atoms with Gasteiger partial charge in [0, 0.05) is 45.4 Å². The maximum atomic E-state index is 12.8. The number of hydrogen-bond acceptors (Lipinski definition) is 5. The van der Waals surface area contributed by atoms with E-state index in [-0.39, 0.29) is 42.7 Å². The highest BCUT2D eigenvalue weighted by atomic mass is 35.5. The van der Waals surface area contributed by atoms with Crippen LogP contribution in [0.2, 0.25) is 0 Å². The maximum absolute atomic E-state index is 12.8. The van der Waals surface area contributed by atoms with E-state index in [2.05, 4.69) is 24.0 Å². The molecule has 2 atom stereocenters. The van der Waals surface area contributed by atoms with E-state index in [1.54, 1.807) is 7.11 Å². The van der Waals surface area contributed by atoms with E-state index in [0.29, 0.717) is 6.04 Å². The number of halogens is 2. The minimum atomic E-state index is -0.388. The fraction of sp³-hybridized carbons (Fsp3) is 0.650. The first-order valence-electron chi connectivity index (χ1n) is 9.60. The highest BCUT2D eigenvalue weighted by molar-refractivity contribution is 5.85. The molecule has 1 aromatic rings. The SMILES string of the molecule is COc1cccc(C(C)N2CCN(C(=O)C(N)C3CCOCC3)CC2)c1.Cl.Cl. The van der Waals surface area contributed by atoms with Crippen LogP contribution < -0.4 is 10.5 Å². The second-order valence-electron chi connectivity index (χ2n) is 7.29. The van der Waals surface area contributed by atoms with Gasteiger partial charge in [0.25, 0.3) is 0 Å². The van der Waals surface area contributed by atoms with Crippen LogP contribution in [0.5, 0.6) is 5.75 Å². The molecule has 0 spiro atoms. The summed E-state index contributed by atoms with van der Waals surface area (Å²) in [5.41, 5.74) is 7.50. The van der Waals surface area contributed by atoms with Crippen LogP contribution in [0.4, 0.5) is 0 Å².